The van der Waals surface area contributed by atoms with Crippen LogP contribution in [-0.4, -0.2) is 18.6 Å². The van der Waals surface area contributed by atoms with E-state index >= 15 is 0 Å². The van der Waals surface area contributed by atoms with Crippen LogP contribution in [-0.2, 0) is 4.79 Å². The molecule has 1 aromatic carbocycles. The van der Waals surface area contributed by atoms with Gasteiger partial charge in [0.25, 0.3) is 5.91 Å². The Kier molecular flexibility index (Phi) is 6.17. The van der Waals surface area contributed by atoms with Gasteiger partial charge in [-0.25, -0.2) is 0 Å². The molecule has 0 aliphatic heterocycles. The zero-order valence-electron chi connectivity index (χ0n) is 11.1. The molecule has 1 unspecified atom stereocenters. The minimum Gasteiger partial charge on any atom is -0.482 e. The first kappa shape index (κ1) is 15.3. The number of ether oxygens (including phenoxy) is 1. The molecule has 0 bridgehead atoms. The summed E-state index contributed by atoms with van der Waals surface area (Å²) in [5.74, 6) is 0.123. The van der Waals surface area contributed by atoms with E-state index in [9.17, 15) is 4.79 Å². The highest BCUT2D eigenvalue weighted by molar-refractivity contribution is 6.31. The van der Waals surface area contributed by atoms with E-state index in [-0.39, 0.29) is 24.1 Å². The summed E-state index contributed by atoms with van der Waals surface area (Å²) in [6.07, 6.45) is 1.93. The number of nitrogens with one attached hydrogen (secondary N) is 1. The number of halogens is 1. The highest BCUT2D eigenvalue weighted by Gasteiger charge is 2.11. The third kappa shape index (κ3) is 4.80. The summed E-state index contributed by atoms with van der Waals surface area (Å²) in [6, 6.07) is 6.98. The van der Waals surface area contributed by atoms with E-state index in [1.807, 2.05) is 13.0 Å². The number of hydrogen-bond acceptors (Lipinski definition) is 3. The number of nitriles is 1. The molecule has 0 aliphatic carbocycles. The van der Waals surface area contributed by atoms with Crippen molar-refractivity contribution in [2.24, 2.45) is 0 Å². The number of carbonyl (C=O) groups excluding carboxylic acids is 1. The van der Waals surface area contributed by atoms with E-state index in [0.29, 0.717) is 10.8 Å². The molecule has 0 heterocycles. The van der Waals surface area contributed by atoms with Gasteiger partial charge in [0.05, 0.1) is 5.02 Å². The lowest BCUT2D eigenvalue weighted by molar-refractivity contribution is -0.123. The predicted octanol–water partition coefficient (Wildman–Crippen LogP) is 2.90. The van der Waals surface area contributed by atoms with Crippen molar-refractivity contribution < 1.29 is 9.53 Å². The van der Waals surface area contributed by atoms with Crippen LogP contribution < -0.4 is 10.1 Å². The summed E-state index contributed by atoms with van der Waals surface area (Å²) in [7, 11) is 0. The molecule has 1 rings (SSSR count). The molecular formula is C14H17ClN2O2. The molecule has 102 valence electrons. The van der Waals surface area contributed by atoms with Gasteiger partial charge in [0, 0.05) is 6.04 Å². The number of benzene rings is 1. The number of rotatable bonds is 6. The van der Waals surface area contributed by atoms with E-state index < -0.39 is 0 Å². The van der Waals surface area contributed by atoms with Gasteiger partial charge < -0.3 is 10.1 Å². The van der Waals surface area contributed by atoms with Gasteiger partial charge in [-0.3, -0.25) is 4.79 Å². The lowest BCUT2D eigenvalue weighted by atomic mass is 10.2. The Morgan fingerprint density at radius 2 is 2.32 bits per heavy atom. The Balaban J connectivity index is 2.56. The second-order valence-corrected chi connectivity index (χ2v) is 4.68. The number of nitrogens with zero attached hydrogens (tertiary/aromatic N) is 1. The lowest BCUT2D eigenvalue weighted by Crippen LogP contribution is -2.36. The van der Waals surface area contributed by atoms with Gasteiger partial charge in [-0.15, -0.1) is 0 Å². The Labute approximate surface area is 118 Å². The van der Waals surface area contributed by atoms with Crippen LogP contribution in [0.2, 0.25) is 5.02 Å². The minimum absolute atomic E-state index is 0.121. The van der Waals surface area contributed by atoms with Crippen LogP contribution >= 0.6 is 11.6 Å². The second kappa shape index (κ2) is 7.65. The van der Waals surface area contributed by atoms with E-state index in [4.69, 9.17) is 21.6 Å². The first-order valence-corrected chi connectivity index (χ1v) is 6.57. The van der Waals surface area contributed by atoms with Crippen LogP contribution in [0.15, 0.2) is 18.2 Å². The summed E-state index contributed by atoms with van der Waals surface area (Å²) in [4.78, 5) is 11.6. The van der Waals surface area contributed by atoms with Crippen LogP contribution in [0.25, 0.3) is 0 Å². The molecule has 0 fully saturated rings. The van der Waals surface area contributed by atoms with Gasteiger partial charge in [0.1, 0.15) is 17.4 Å². The maximum atomic E-state index is 11.6. The molecule has 0 aliphatic rings. The van der Waals surface area contributed by atoms with E-state index in [2.05, 4.69) is 12.2 Å². The fourth-order valence-corrected chi connectivity index (χ4v) is 1.91. The molecule has 0 saturated carbocycles. The fraction of sp³-hybridized carbons (Fsp3) is 0.429. The molecule has 1 amide bonds. The molecule has 1 atom stereocenters. The summed E-state index contributed by atoms with van der Waals surface area (Å²) >= 11 is 5.87. The van der Waals surface area contributed by atoms with Crippen LogP contribution in [0.5, 0.6) is 5.75 Å². The minimum atomic E-state index is -0.204. The van der Waals surface area contributed by atoms with Crippen LogP contribution in [0.1, 0.15) is 32.3 Å². The van der Waals surface area contributed by atoms with Gasteiger partial charge in [-0.2, -0.15) is 5.26 Å². The van der Waals surface area contributed by atoms with Gasteiger partial charge in [-0.1, -0.05) is 31.0 Å². The third-order valence-electron chi connectivity index (χ3n) is 2.58. The molecule has 0 spiro atoms. The Morgan fingerprint density at radius 3 is 2.95 bits per heavy atom. The molecule has 5 heteroatoms. The quantitative estimate of drug-likeness (QED) is 0.871. The summed E-state index contributed by atoms with van der Waals surface area (Å²) < 4.78 is 5.33. The van der Waals surface area contributed by atoms with Crippen molar-refractivity contribution in [2.75, 3.05) is 6.61 Å². The molecule has 1 N–H and O–H groups in total. The van der Waals surface area contributed by atoms with E-state index in [0.717, 1.165) is 12.8 Å². The maximum Gasteiger partial charge on any atom is 0.258 e. The summed E-state index contributed by atoms with van der Waals surface area (Å²) in [6.45, 7) is 3.88. The average Bonchev–Trinajstić information content (AvgIpc) is 2.36. The number of hydrogen-bond donors (Lipinski definition) is 1. The zero-order valence-corrected chi connectivity index (χ0v) is 11.8. The summed E-state index contributed by atoms with van der Waals surface area (Å²) in [5.41, 5.74) is 0.249. The highest BCUT2D eigenvalue weighted by Crippen LogP contribution is 2.25. The smallest absolute Gasteiger partial charge is 0.258 e. The van der Waals surface area contributed by atoms with E-state index in [1.165, 1.54) is 0 Å². The van der Waals surface area contributed by atoms with Crippen LogP contribution in [0.3, 0.4) is 0 Å². The van der Waals surface area contributed by atoms with E-state index in [1.54, 1.807) is 18.2 Å². The molecule has 19 heavy (non-hydrogen) atoms. The molecule has 0 aromatic heterocycles. The van der Waals surface area contributed by atoms with Crippen molar-refractivity contribution in [1.29, 1.82) is 5.26 Å². The molecule has 1 aromatic rings. The lowest BCUT2D eigenvalue weighted by Gasteiger charge is -2.13. The van der Waals surface area contributed by atoms with Crippen molar-refractivity contribution in [2.45, 2.75) is 32.7 Å². The van der Waals surface area contributed by atoms with Gasteiger partial charge in [0.15, 0.2) is 6.61 Å². The number of carbonyl (C=O) groups is 1. The molecular weight excluding hydrogens is 264 g/mol. The Bertz CT molecular complexity index is 483. The predicted molar refractivity (Wildman–Crippen MR) is 74.2 cm³/mol. The monoisotopic (exact) mass is 280 g/mol. The molecule has 0 radical (unpaired) electrons. The zero-order chi connectivity index (χ0) is 14.3. The highest BCUT2D eigenvalue weighted by atomic mass is 35.5. The topological polar surface area (TPSA) is 62.1 Å². The normalized spacial score (nSPS) is 11.5. The van der Waals surface area contributed by atoms with Gasteiger partial charge >= 0.3 is 0 Å². The van der Waals surface area contributed by atoms with Crippen LogP contribution in [0, 0.1) is 11.3 Å². The van der Waals surface area contributed by atoms with Crippen molar-refractivity contribution in [1.82, 2.24) is 5.32 Å². The largest absolute Gasteiger partial charge is 0.482 e. The first-order valence-electron chi connectivity index (χ1n) is 6.19. The molecule has 0 saturated heterocycles. The Morgan fingerprint density at radius 1 is 1.58 bits per heavy atom. The fourth-order valence-electron chi connectivity index (χ4n) is 1.70. The van der Waals surface area contributed by atoms with Crippen molar-refractivity contribution in [3.05, 3.63) is 28.8 Å². The SMILES string of the molecule is CCCC(C)NC(=O)COc1cccc(Cl)c1C#N. The van der Waals surface area contributed by atoms with Gasteiger partial charge in [0.2, 0.25) is 0 Å². The van der Waals surface area contributed by atoms with Crippen LogP contribution in [0.4, 0.5) is 0 Å². The first-order chi connectivity index (χ1) is 9.08. The van der Waals surface area contributed by atoms with Gasteiger partial charge in [-0.05, 0) is 25.5 Å². The second-order valence-electron chi connectivity index (χ2n) is 4.27. The molecule has 4 nitrogen and oxygen atoms in total. The number of amides is 1. The standard InChI is InChI=1S/C14H17ClN2O2/c1-3-5-10(2)17-14(18)9-19-13-7-4-6-12(15)11(13)8-16/h4,6-7,10H,3,5,9H2,1-2H3,(H,17,18). The van der Waals surface area contributed by atoms with Crippen molar-refractivity contribution in [3.8, 4) is 11.8 Å². The summed E-state index contributed by atoms with van der Waals surface area (Å²) in [5, 5.41) is 12.1. The Hall–Kier alpha value is -1.73. The average molecular weight is 281 g/mol. The van der Waals surface area contributed by atoms with Crippen molar-refractivity contribution in [3.63, 3.8) is 0 Å². The maximum absolute atomic E-state index is 11.6. The third-order valence-corrected chi connectivity index (χ3v) is 2.89. The van der Waals surface area contributed by atoms with Crippen molar-refractivity contribution >= 4 is 17.5 Å².